The van der Waals surface area contributed by atoms with Crippen LogP contribution in [0.4, 0.5) is 0 Å². The summed E-state index contributed by atoms with van der Waals surface area (Å²) in [6.07, 6.45) is -0.135. The minimum Gasteiger partial charge on any atom is -0.480 e. The summed E-state index contributed by atoms with van der Waals surface area (Å²) < 4.78 is 5.11. The Balaban J connectivity index is 1.86. The van der Waals surface area contributed by atoms with Crippen LogP contribution in [0.5, 0.6) is 0 Å². The van der Waals surface area contributed by atoms with Crippen molar-refractivity contribution in [3.8, 4) is 0 Å². The number of aromatic nitrogens is 1. The van der Waals surface area contributed by atoms with Crippen LogP contribution in [0.15, 0.2) is 35.1 Å². The molecule has 1 saturated heterocycles. The number of nitrogens with one attached hydrogen (secondary N) is 1. The van der Waals surface area contributed by atoms with Crippen molar-refractivity contribution in [2.24, 2.45) is 0 Å². The Morgan fingerprint density at radius 2 is 2.13 bits per heavy atom. The number of carboxylic acids is 1. The zero-order valence-electron chi connectivity index (χ0n) is 12.3. The maximum atomic E-state index is 12.4. The lowest BCUT2D eigenvalue weighted by molar-refractivity contribution is -0.158. The Bertz CT molecular complexity index is 813. The zero-order chi connectivity index (χ0) is 16.4. The van der Waals surface area contributed by atoms with E-state index in [-0.39, 0.29) is 31.0 Å². The van der Waals surface area contributed by atoms with Gasteiger partial charge >= 0.3 is 5.97 Å². The molecular formula is C16H16N2O5. The predicted octanol–water partition coefficient (Wildman–Crippen LogP) is 0.383. The molecule has 23 heavy (non-hydrogen) atoms. The molecule has 2 aromatic rings. The lowest BCUT2D eigenvalue weighted by Gasteiger charge is -2.32. The molecule has 1 aromatic carbocycles. The Hall–Kier alpha value is -2.67. The molecule has 0 bridgehead atoms. The number of hydrogen-bond acceptors (Lipinski definition) is 4. The number of rotatable bonds is 3. The summed E-state index contributed by atoms with van der Waals surface area (Å²) in [5.74, 6) is -1.49. The number of nitrogens with zero attached hydrogens (tertiary/aromatic N) is 1. The Kier molecular flexibility index (Phi) is 4.12. The molecule has 7 heteroatoms. The summed E-state index contributed by atoms with van der Waals surface area (Å²) in [6, 6.07) is 7.94. The molecule has 7 nitrogen and oxygen atoms in total. The van der Waals surface area contributed by atoms with Crippen molar-refractivity contribution in [2.45, 2.75) is 12.5 Å². The topological polar surface area (TPSA) is 99.7 Å². The minimum absolute atomic E-state index is 0.0326. The number of amides is 1. The van der Waals surface area contributed by atoms with Gasteiger partial charge in [0.15, 0.2) is 6.04 Å². The van der Waals surface area contributed by atoms with Crippen molar-refractivity contribution < 1.29 is 19.4 Å². The molecule has 1 aromatic heterocycles. The first-order valence-electron chi connectivity index (χ1n) is 7.27. The summed E-state index contributed by atoms with van der Waals surface area (Å²) in [5.41, 5.74) is 0.685. The highest BCUT2D eigenvalue weighted by molar-refractivity contribution is 5.86. The van der Waals surface area contributed by atoms with Crippen molar-refractivity contribution in [3.63, 3.8) is 0 Å². The molecule has 1 aliphatic heterocycles. The van der Waals surface area contributed by atoms with Crippen molar-refractivity contribution in [1.29, 1.82) is 0 Å². The summed E-state index contributed by atoms with van der Waals surface area (Å²) in [6.45, 7) is 0.472. The first-order valence-corrected chi connectivity index (χ1v) is 7.27. The smallest absolute Gasteiger partial charge is 0.328 e. The lowest BCUT2D eigenvalue weighted by Crippen LogP contribution is -2.53. The predicted molar refractivity (Wildman–Crippen MR) is 82.2 cm³/mol. The van der Waals surface area contributed by atoms with Gasteiger partial charge < -0.3 is 19.7 Å². The largest absolute Gasteiger partial charge is 0.480 e. The van der Waals surface area contributed by atoms with Gasteiger partial charge in [-0.05, 0) is 17.5 Å². The number of benzene rings is 1. The number of pyridine rings is 1. The highest BCUT2D eigenvalue weighted by Gasteiger charge is 2.32. The van der Waals surface area contributed by atoms with E-state index in [1.54, 1.807) is 12.1 Å². The number of carboxylic acid groups (broad SMARTS) is 1. The number of carbonyl (C=O) groups excluding carboxylic acids is 1. The van der Waals surface area contributed by atoms with E-state index in [0.717, 1.165) is 5.39 Å². The number of para-hydroxylation sites is 1. The minimum atomic E-state index is -1.11. The van der Waals surface area contributed by atoms with E-state index in [1.165, 1.54) is 4.90 Å². The van der Waals surface area contributed by atoms with Gasteiger partial charge in [0.1, 0.15) is 0 Å². The molecule has 2 heterocycles. The van der Waals surface area contributed by atoms with E-state index in [9.17, 15) is 19.5 Å². The molecule has 3 rings (SSSR count). The summed E-state index contributed by atoms with van der Waals surface area (Å²) in [7, 11) is 0. The molecule has 1 amide bonds. The van der Waals surface area contributed by atoms with Crippen molar-refractivity contribution in [2.75, 3.05) is 19.8 Å². The van der Waals surface area contributed by atoms with Crippen LogP contribution in [0.3, 0.4) is 0 Å². The van der Waals surface area contributed by atoms with E-state index in [2.05, 4.69) is 4.98 Å². The zero-order valence-corrected chi connectivity index (χ0v) is 12.3. The van der Waals surface area contributed by atoms with E-state index in [1.807, 2.05) is 18.2 Å². The average Bonchev–Trinajstić information content (AvgIpc) is 2.55. The van der Waals surface area contributed by atoms with Gasteiger partial charge in [0.25, 0.3) is 5.56 Å². The highest BCUT2D eigenvalue weighted by Crippen LogP contribution is 2.13. The fraction of sp³-hybridized carbons (Fsp3) is 0.312. The molecule has 0 unspecified atom stereocenters. The van der Waals surface area contributed by atoms with Crippen LogP contribution >= 0.6 is 0 Å². The van der Waals surface area contributed by atoms with Crippen molar-refractivity contribution in [1.82, 2.24) is 9.88 Å². The van der Waals surface area contributed by atoms with E-state index < -0.39 is 12.0 Å². The van der Waals surface area contributed by atoms with Crippen LogP contribution in [-0.2, 0) is 20.7 Å². The molecule has 1 fully saturated rings. The summed E-state index contributed by atoms with van der Waals surface area (Å²) >= 11 is 0. The normalized spacial score (nSPS) is 18.1. The first kappa shape index (κ1) is 15.2. The van der Waals surface area contributed by atoms with Gasteiger partial charge in [-0.1, -0.05) is 18.2 Å². The number of aliphatic carboxylic acids is 1. The van der Waals surface area contributed by atoms with Gasteiger partial charge in [-0.25, -0.2) is 4.79 Å². The second kappa shape index (κ2) is 6.21. The first-order chi connectivity index (χ1) is 11.1. The molecule has 120 valence electrons. The second-order valence-electron chi connectivity index (χ2n) is 5.40. The molecule has 1 atom stereocenters. The number of H-pyrrole nitrogens is 1. The Labute approximate surface area is 131 Å². The van der Waals surface area contributed by atoms with Gasteiger partial charge in [0, 0.05) is 17.6 Å². The van der Waals surface area contributed by atoms with Crippen LogP contribution in [0.2, 0.25) is 0 Å². The number of ether oxygens (including phenoxy) is 1. The van der Waals surface area contributed by atoms with E-state index in [0.29, 0.717) is 17.7 Å². The Morgan fingerprint density at radius 1 is 1.35 bits per heavy atom. The highest BCUT2D eigenvalue weighted by atomic mass is 16.5. The number of hydrogen-bond donors (Lipinski definition) is 2. The molecular weight excluding hydrogens is 300 g/mol. The van der Waals surface area contributed by atoms with E-state index >= 15 is 0 Å². The summed E-state index contributed by atoms with van der Waals surface area (Å²) in [5, 5.41) is 10.0. The maximum Gasteiger partial charge on any atom is 0.328 e. The van der Waals surface area contributed by atoms with Crippen LogP contribution in [-0.4, -0.2) is 52.7 Å². The monoisotopic (exact) mass is 316 g/mol. The average molecular weight is 316 g/mol. The van der Waals surface area contributed by atoms with Crippen molar-refractivity contribution in [3.05, 3.63) is 46.2 Å². The van der Waals surface area contributed by atoms with Gasteiger partial charge in [-0.15, -0.1) is 0 Å². The van der Waals surface area contributed by atoms with Gasteiger partial charge in [-0.2, -0.15) is 0 Å². The maximum absolute atomic E-state index is 12.4. The van der Waals surface area contributed by atoms with E-state index in [4.69, 9.17) is 4.74 Å². The van der Waals surface area contributed by atoms with Crippen LogP contribution in [0, 0.1) is 0 Å². The van der Waals surface area contributed by atoms with Crippen LogP contribution in [0.1, 0.15) is 5.56 Å². The number of carbonyl (C=O) groups is 2. The third kappa shape index (κ3) is 3.09. The third-order valence-electron chi connectivity index (χ3n) is 3.91. The van der Waals surface area contributed by atoms with Crippen LogP contribution < -0.4 is 5.56 Å². The third-order valence-corrected chi connectivity index (χ3v) is 3.91. The number of aromatic amines is 1. The molecule has 0 radical (unpaired) electrons. The number of morpholine rings is 1. The lowest BCUT2D eigenvalue weighted by atomic mass is 10.1. The second-order valence-corrected chi connectivity index (χ2v) is 5.40. The quantitative estimate of drug-likeness (QED) is 0.853. The Morgan fingerprint density at radius 3 is 2.91 bits per heavy atom. The fourth-order valence-corrected chi connectivity index (χ4v) is 2.70. The molecule has 0 saturated carbocycles. The molecule has 1 aliphatic rings. The van der Waals surface area contributed by atoms with Crippen LogP contribution in [0.25, 0.3) is 10.9 Å². The van der Waals surface area contributed by atoms with Gasteiger partial charge in [-0.3, -0.25) is 9.59 Å². The molecule has 0 spiro atoms. The number of fused-ring (bicyclic) bond motifs is 1. The standard InChI is InChI=1S/C16H16N2O5/c19-14(18-5-6-23-9-13(18)16(21)22)8-11-7-10-3-1-2-4-12(10)17-15(11)20/h1-4,7,13H,5-6,8-9H2,(H,17,20)(H,21,22)/t13-/m1/s1. The van der Waals surface area contributed by atoms with Gasteiger partial charge in [0.05, 0.1) is 19.6 Å². The van der Waals surface area contributed by atoms with Crippen molar-refractivity contribution >= 4 is 22.8 Å². The SMILES string of the molecule is O=C(O)[C@H]1COCCN1C(=O)Cc1cc2ccccc2[nH]c1=O. The fourth-order valence-electron chi connectivity index (χ4n) is 2.70. The summed E-state index contributed by atoms with van der Waals surface area (Å²) in [4.78, 5) is 39.7. The molecule has 0 aliphatic carbocycles. The van der Waals surface area contributed by atoms with Gasteiger partial charge in [0.2, 0.25) is 5.91 Å². The molecule has 2 N–H and O–H groups in total.